The largest absolute Gasteiger partial charge is 0.388 e. The van der Waals surface area contributed by atoms with Gasteiger partial charge in [-0.2, -0.15) is 0 Å². The lowest BCUT2D eigenvalue weighted by Gasteiger charge is -2.35. The first kappa shape index (κ1) is 13.0. The molecule has 2 aliphatic rings. The molecule has 0 spiro atoms. The molecule has 2 aromatic heterocycles. The Morgan fingerprint density at radius 3 is 2.91 bits per heavy atom. The van der Waals surface area contributed by atoms with Crippen LogP contribution >= 0.6 is 0 Å². The van der Waals surface area contributed by atoms with Crippen molar-refractivity contribution >= 4 is 0 Å². The van der Waals surface area contributed by atoms with Crippen LogP contribution in [0.4, 0.5) is 0 Å². The van der Waals surface area contributed by atoms with Gasteiger partial charge in [-0.3, -0.25) is 4.98 Å². The van der Waals surface area contributed by atoms with Crippen LogP contribution in [-0.2, 0) is 6.42 Å². The van der Waals surface area contributed by atoms with Crippen LogP contribution in [0.15, 0.2) is 55.2 Å². The Balaban J connectivity index is 1.64. The fourth-order valence-corrected chi connectivity index (χ4v) is 4.29. The van der Waals surface area contributed by atoms with E-state index in [1.165, 1.54) is 16.7 Å². The minimum absolute atomic E-state index is 0.153. The van der Waals surface area contributed by atoms with Gasteiger partial charge in [0.15, 0.2) is 0 Å². The van der Waals surface area contributed by atoms with E-state index in [9.17, 15) is 5.11 Å². The lowest BCUT2D eigenvalue weighted by molar-refractivity contribution is 0.0718. The van der Waals surface area contributed by atoms with Crippen LogP contribution in [-0.4, -0.2) is 19.6 Å². The number of aliphatic hydroxyl groups is 1. The molecule has 1 aliphatic carbocycles. The van der Waals surface area contributed by atoms with E-state index < -0.39 is 6.10 Å². The van der Waals surface area contributed by atoms with Gasteiger partial charge in [0.2, 0.25) is 0 Å². The maximum absolute atomic E-state index is 11.0. The number of imidazole rings is 1. The Morgan fingerprint density at radius 1 is 1.04 bits per heavy atom. The molecule has 114 valence electrons. The van der Waals surface area contributed by atoms with Gasteiger partial charge >= 0.3 is 0 Å². The maximum atomic E-state index is 11.0. The van der Waals surface area contributed by atoms with E-state index in [1.54, 1.807) is 6.20 Å². The number of fused-ring (bicyclic) bond motifs is 4. The number of hydrogen-bond acceptors (Lipinski definition) is 3. The first-order valence-electron chi connectivity index (χ1n) is 8.06. The molecule has 0 saturated heterocycles. The Hall–Kier alpha value is -2.46. The quantitative estimate of drug-likeness (QED) is 0.751. The van der Waals surface area contributed by atoms with Crippen molar-refractivity contribution in [3.63, 3.8) is 0 Å². The molecule has 1 aliphatic heterocycles. The lowest BCUT2D eigenvalue weighted by Crippen LogP contribution is -2.28. The maximum Gasteiger partial charge on any atom is 0.0956 e. The molecule has 0 saturated carbocycles. The van der Waals surface area contributed by atoms with Crippen molar-refractivity contribution in [1.29, 1.82) is 0 Å². The smallest absolute Gasteiger partial charge is 0.0956 e. The Kier molecular flexibility index (Phi) is 2.70. The molecule has 3 heterocycles. The van der Waals surface area contributed by atoms with Crippen LogP contribution in [0.3, 0.4) is 0 Å². The van der Waals surface area contributed by atoms with E-state index in [1.807, 2.05) is 24.8 Å². The number of pyridine rings is 1. The Labute approximate surface area is 134 Å². The lowest BCUT2D eigenvalue weighted by atomic mass is 9.76. The number of aromatic nitrogens is 3. The minimum Gasteiger partial charge on any atom is -0.388 e. The summed E-state index contributed by atoms with van der Waals surface area (Å²) in [5, 5.41) is 11.0. The SMILES string of the molecule is O[C@@H]1c2ccncc2CC[C@@H]1[C@H]1c2ccccc2-c2cncn21. The molecule has 1 aromatic carbocycles. The molecule has 3 aromatic rings. The van der Waals surface area contributed by atoms with Gasteiger partial charge in [0.1, 0.15) is 0 Å². The predicted octanol–water partition coefficient (Wildman–Crippen LogP) is 3.14. The Morgan fingerprint density at radius 2 is 1.96 bits per heavy atom. The number of aliphatic hydroxyl groups excluding tert-OH is 1. The van der Waals surface area contributed by atoms with Gasteiger partial charge in [-0.15, -0.1) is 0 Å². The van der Waals surface area contributed by atoms with Crippen molar-refractivity contribution < 1.29 is 5.11 Å². The molecule has 0 fully saturated rings. The van der Waals surface area contributed by atoms with Gasteiger partial charge in [-0.25, -0.2) is 4.98 Å². The van der Waals surface area contributed by atoms with Crippen LogP contribution in [0.1, 0.15) is 35.3 Å². The number of hydrogen-bond donors (Lipinski definition) is 1. The molecule has 0 amide bonds. The third-order valence-corrected chi connectivity index (χ3v) is 5.34. The van der Waals surface area contributed by atoms with Gasteiger partial charge in [0, 0.05) is 23.9 Å². The van der Waals surface area contributed by atoms with Gasteiger partial charge in [-0.1, -0.05) is 24.3 Å². The van der Waals surface area contributed by atoms with Crippen LogP contribution in [0, 0.1) is 5.92 Å². The fourth-order valence-electron chi connectivity index (χ4n) is 4.29. The minimum atomic E-state index is -0.465. The highest BCUT2D eigenvalue weighted by atomic mass is 16.3. The summed E-state index contributed by atoms with van der Waals surface area (Å²) in [6, 6.07) is 10.6. The number of benzene rings is 1. The Bertz CT molecular complexity index is 886. The topological polar surface area (TPSA) is 50.9 Å². The van der Waals surface area contributed by atoms with Crippen LogP contribution < -0.4 is 0 Å². The van der Waals surface area contributed by atoms with Crippen LogP contribution in [0.25, 0.3) is 11.3 Å². The molecular weight excluding hydrogens is 286 g/mol. The van der Waals surface area contributed by atoms with Crippen molar-refractivity contribution in [2.45, 2.75) is 25.0 Å². The number of nitrogens with zero attached hydrogens (tertiary/aromatic N) is 3. The average Bonchev–Trinajstić information content (AvgIpc) is 3.17. The second-order valence-electron chi connectivity index (χ2n) is 6.44. The summed E-state index contributed by atoms with van der Waals surface area (Å²) in [6.07, 6.45) is 8.94. The summed E-state index contributed by atoms with van der Waals surface area (Å²) in [6.45, 7) is 0. The highest BCUT2D eigenvalue weighted by Gasteiger charge is 2.40. The summed E-state index contributed by atoms with van der Waals surface area (Å²) in [7, 11) is 0. The second-order valence-corrected chi connectivity index (χ2v) is 6.44. The number of rotatable bonds is 1. The number of aryl methyl sites for hydroxylation is 1. The summed E-state index contributed by atoms with van der Waals surface area (Å²) < 4.78 is 2.23. The molecule has 4 heteroatoms. The second kappa shape index (κ2) is 4.77. The molecule has 3 atom stereocenters. The average molecular weight is 303 g/mol. The van der Waals surface area contributed by atoms with Crippen LogP contribution in [0.2, 0.25) is 0 Å². The molecular formula is C19H17N3O. The normalized spacial score (nSPS) is 24.8. The van der Waals surface area contributed by atoms with Gasteiger partial charge in [0.05, 0.1) is 30.4 Å². The van der Waals surface area contributed by atoms with E-state index in [4.69, 9.17) is 0 Å². The monoisotopic (exact) mass is 303 g/mol. The highest BCUT2D eigenvalue weighted by Crippen LogP contribution is 2.49. The molecule has 0 unspecified atom stereocenters. The summed E-state index contributed by atoms with van der Waals surface area (Å²) in [5.41, 5.74) is 5.89. The molecule has 5 rings (SSSR count). The summed E-state index contributed by atoms with van der Waals surface area (Å²) in [4.78, 5) is 8.52. The molecule has 23 heavy (non-hydrogen) atoms. The van der Waals surface area contributed by atoms with E-state index in [-0.39, 0.29) is 12.0 Å². The molecule has 4 nitrogen and oxygen atoms in total. The van der Waals surface area contributed by atoms with E-state index >= 15 is 0 Å². The van der Waals surface area contributed by atoms with Crippen molar-refractivity contribution in [3.05, 3.63) is 71.9 Å². The first-order chi connectivity index (χ1) is 11.3. The van der Waals surface area contributed by atoms with Gasteiger partial charge in [0.25, 0.3) is 0 Å². The van der Waals surface area contributed by atoms with Gasteiger partial charge < -0.3 is 9.67 Å². The summed E-state index contributed by atoms with van der Waals surface area (Å²) >= 11 is 0. The van der Waals surface area contributed by atoms with E-state index in [0.717, 1.165) is 24.1 Å². The molecule has 0 radical (unpaired) electrons. The zero-order valence-electron chi connectivity index (χ0n) is 12.6. The van der Waals surface area contributed by atoms with Gasteiger partial charge in [-0.05, 0) is 35.6 Å². The summed E-state index contributed by atoms with van der Waals surface area (Å²) in [5.74, 6) is 0.154. The van der Waals surface area contributed by atoms with E-state index in [0.29, 0.717) is 0 Å². The standard InChI is InChI=1S/C19H17N3O/c23-19-13-7-8-20-9-12(13)5-6-16(19)18-15-4-2-1-3-14(15)17-10-21-11-22(17)18/h1-4,7-11,16,18-19,23H,5-6H2/t16-,18-,19-/m1/s1. The zero-order valence-corrected chi connectivity index (χ0v) is 12.6. The molecule has 1 N–H and O–H groups in total. The van der Waals surface area contributed by atoms with E-state index in [2.05, 4.69) is 38.8 Å². The zero-order chi connectivity index (χ0) is 15.4. The molecule has 0 bridgehead atoms. The van der Waals surface area contributed by atoms with Crippen LogP contribution in [0.5, 0.6) is 0 Å². The van der Waals surface area contributed by atoms with Crippen molar-refractivity contribution in [2.24, 2.45) is 5.92 Å². The van der Waals surface area contributed by atoms with Crippen molar-refractivity contribution in [1.82, 2.24) is 14.5 Å². The third kappa shape index (κ3) is 1.75. The van der Waals surface area contributed by atoms with Crippen molar-refractivity contribution in [2.75, 3.05) is 0 Å². The first-order valence-corrected chi connectivity index (χ1v) is 8.06. The van der Waals surface area contributed by atoms with Crippen molar-refractivity contribution in [3.8, 4) is 11.3 Å². The highest BCUT2D eigenvalue weighted by molar-refractivity contribution is 5.69. The fraction of sp³-hybridized carbons (Fsp3) is 0.263. The predicted molar refractivity (Wildman–Crippen MR) is 86.8 cm³/mol. The third-order valence-electron chi connectivity index (χ3n) is 5.34.